The monoisotopic (exact) mass is 486 g/mol. The lowest BCUT2D eigenvalue weighted by molar-refractivity contribution is 0.700. The molecule has 0 bridgehead atoms. The summed E-state index contributed by atoms with van der Waals surface area (Å²) in [6.45, 7) is 2.07. The molecule has 4 aromatic heterocycles. The van der Waals surface area contributed by atoms with Crippen molar-refractivity contribution in [1.29, 1.82) is 0 Å². The van der Waals surface area contributed by atoms with E-state index in [1.807, 2.05) is 24.3 Å². The first-order chi connectivity index (χ1) is 16.7. The average Bonchev–Trinajstić information content (AvgIpc) is 3.45. The fourth-order valence-electron chi connectivity index (χ4n) is 4.49. The fraction of sp³-hybridized carbons (Fsp3) is 0.240. The van der Waals surface area contributed by atoms with Crippen LogP contribution < -0.4 is 5.56 Å². The maximum Gasteiger partial charge on any atom is 0.259 e. The van der Waals surface area contributed by atoms with E-state index in [1.54, 1.807) is 23.7 Å². The van der Waals surface area contributed by atoms with Gasteiger partial charge in [-0.15, -0.1) is 21.5 Å². The minimum atomic E-state index is -0.0311. The molecule has 0 radical (unpaired) electrons. The van der Waals surface area contributed by atoms with E-state index in [0.29, 0.717) is 11.6 Å². The number of nitrogens with one attached hydrogen (secondary N) is 1. The molecule has 4 heterocycles. The van der Waals surface area contributed by atoms with Crippen molar-refractivity contribution >= 4 is 33.3 Å². The second-order valence-electron chi connectivity index (χ2n) is 8.36. The lowest BCUT2D eigenvalue weighted by Crippen LogP contribution is -2.12. The molecule has 9 heteroatoms. The summed E-state index contributed by atoms with van der Waals surface area (Å²) in [5.74, 6) is 1.88. The molecule has 7 nitrogen and oxygen atoms in total. The lowest BCUT2D eigenvalue weighted by Gasteiger charge is -2.12. The predicted octanol–water partition coefficient (Wildman–Crippen LogP) is 5.11. The minimum Gasteiger partial charge on any atom is -0.309 e. The fourth-order valence-corrected chi connectivity index (χ4v) is 6.58. The molecule has 34 heavy (non-hydrogen) atoms. The Morgan fingerprint density at radius 1 is 1.12 bits per heavy atom. The molecule has 0 aliphatic heterocycles. The van der Waals surface area contributed by atoms with Gasteiger partial charge in [0, 0.05) is 22.8 Å². The van der Waals surface area contributed by atoms with Crippen molar-refractivity contribution in [2.24, 2.45) is 0 Å². The van der Waals surface area contributed by atoms with Crippen molar-refractivity contribution < 1.29 is 0 Å². The Morgan fingerprint density at radius 3 is 2.85 bits per heavy atom. The van der Waals surface area contributed by atoms with Crippen LogP contribution in [0.3, 0.4) is 0 Å². The Kier molecular flexibility index (Phi) is 5.50. The number of nitrogens with zero attached hydrogens (tertiary/aromatic N) is 5. The zero-order valence-electron chi connectivity index (χ0n) is 18.6. The van der Waals surface area contributed by atoms with Gasteiger partial charge in [0.2, 0.25) is 0 Å². The summed E-state index contributed by atoms with van der Waals surface area (Å²) in [7, 11) is 0. The molecule has 0 atom stereocenters. The third-order valence-corrected chi connectivity index (χ3v) is 8.25. The predicted molar refractivity (Wildman–Crippen MR) is 136 cm³/mol. The SMILES string of the molecule is Cc1ccccc1-n1c(SCc2nc3sc4c(c3c(=O)[nH]2)CCCC4)nnc1-c1cccnc1. The van der Waals surface area contributed by atoms with Crippen molar-refractivity contribution in [1.82, 2.24) is 29.7 Å². The van der Waals surface area contributed by atoms with Gasteiger partial charge in [-0.1, -0.05) is 30.0 Å². The molecule has 0 saturated heterocycles. The topological polar surface area (TPSA) is 89.4 Å². The normalized spacial score (nSPS) is 13.3. The van der Waals surface area contributed by atoms with Crippen LogP contribution in [0.1, 0.15) is 34.7 Å². The van der Waals surface area contributed by atoms with Crippen molar-refractivity contribution in [3.63, 3.8) is 0 Å². The number of hydrogen-bond donors (Lipinski definition) is 1. The number of thioether (sulfide) groups is 1. The van der Waals surface area contributed by atoms with Crippen LogP contribution in [0.2, 0.25) is 0 Å². The molecular formula is C25H22N6OS2. The van der Waals surface area contributed by atoms with Gasteiger partial charge in [0.25, 0.3) is 5.56 Å². The van der Waals surface area contributed by atoms with Crippen LogP contribution in [-0.4, -0.2) is 29.7 Å². The molecule has 5 aromatic rings. The Bertz CT molecular complexity index is 1550. The zero-order chi connectivity index (χ0) is 23.1. The van der Waals surface area contributed by atoms with Crippen LogP contribution in [0, 0.1) is 6.92 Å². The number of fused-ring (bicyclic) bond motifs is 3. The number of para-hydroxylation sites is 1. The third-order valence-electron chi connectivity index (χ3n) is 6.12. The summed E-state index contributed by atoms with van der Waals surface area (Å²) in [4.78, 5) is 27.2. The average molecular weight is 487 g/mol. The number of thiophene rings is 1. The van der Waals surface area contributed by atoms with Crippen molar-refractivity contribution in [3.05, 3.63) is 81.0 Å². The first-order valence-electron chi connectivity index (χ1n) is 11.3. The Hall–Kier alpha value is -3.30. The van der Waals surface area contributed by atoms with E-state index in [2.05, 4.69) is 43.8 Å². The number of aromatic nitrogens is 6. The van der Waals surface area contributed by atoms with E-state index in [0.717, 1.165) is 57.3 Å². The summed E-state index contributed by atoms with van der Waals surface area (Å²) in [5, 5.41) is 10.5. The van der Waals surface area contributed by atoms with Crippen molar-refractivity contribution in [2.45, 2.75) is 43.5 Å². The molecule has 0 saturated carbocycles. The van der Waals surface area contributed by atoms with Crippen molar-refractivity contribution in [3.8, 4) is 17.1 Å². The third kappa shape index (κ3) is 3.74. The minimum absolute atomic E-state index is 0.0311. The molecule has 0 unspecified atom stereocenters. The molecule has 6 rings (SSSR count). The molecule has 1 N–H and O–H groups in total. The second-order valence-corrected chi connectivity index (χ2v) is 10.4. The Morgan fingerprint density at radius 2 is 2.00 bits per heavy atom. The summed E-state index contributed by atoms with van der Waals surface area (Å²) in [6, 6.07) is 12.0. The molecule has 1 aliphatic carbocycles. The van der Waals surface area contributed by atoms with Crippen LogP contribution in [0.15, 0.2) is 58.7 Å². The van der Waals surface area contributed by atoms with Gasteiger partial charge in [0.15, 0.2) is 11.0 Å². The summed E-state index contributed by atoms with van der Waals surface area (Å²) in [6.07, 6.45) is 7.90. The quantitative estimate of drug-likeness (QED) is 0.347. The zero-order valence-corrected chi connectivity index (χ0v) is 20.2. The van der Waals surface area contributed by atoms with Crippen LogP contribution in [0.5, 0.6) is 0 Å². The van der Waals surface area contributed by atoms with Gasteiger partial charge in [-0.05, 0) is 61.9 Å². The number of aromatic amines is 1. The summed E-state index contributed by atoms with van der Waals surface area (Å²) < 4.78 is 2.05. The molecular weight excluding hydrogens is 464 g/mol. The standard InChI is InChI=1S/C25H22N6OS2/c1-15-7-2-4-10-18(15)31-22(16-8-6-12-26-13-16)29-30-25(31)33-14-20-27-23(32)21-17-9-3-5-11-19(17)34-24(21)28-20/h2,4,6-8,10,12-13H,3,5,9,11,14H2,1H3,(H,27,28,32). The number of hydrogen-bond acceptors (Lipinski definition) is 7. The highest BCUT2D eigenvalue weighted by Gasteiger charge is 2.21. The smallest absolute Gasteiger partial charge is 0.259 e. The Balaban J connectivity index is 1.37. The first-order valence-corrected chi connectivity index (χ1v) is 13.1. The maximum atomic E-state index is 12.9. The number of benzene rings is 1. The first kappa shape index (κ1) is 21.2. The van der Waals surface area contributed by atoms with E-state index in [4.69, 9.17) is 4.98 Å². The highest BCUT2D eigenvalue weighted by Crippen LogP contribution is 2.34. The van der Waals surface area contributed by atoms with E-state index in [-0.39, 0.29) is 5.56 Å². The lowest BCUT2D eigenvalue weighted by atomic mass is 9.97. The van der Waals surface area contributed by atoms with Gasteiger partial charge in [-0.3, -0.25) is 14.3 Å². The van der Waals surface area contributed by atoms with Gasteiger partial charge in [-0.2, -0.15) is 0 Å². The van der Waals surface area contributed by atoms with Gasteiger partial charge in [0.05, 0.1) is 16.8 Å². The molecule has 0 spiro atoms. The highest BCUT2D eigenvalue weighted by molar-refractivity contribution is 7.98. The number of rotatable bonds is 5. The summed E-state index contributed by atoms with van der Waals surface area (Å²) >= 11 is 3.18. The number of pyridine rings is 1. The van der Waals surface area contributed by atoms with E-state index < -0.39 is 0 Å². The Labute approximate surface area is 204 Å². The van der Waals surface area contributed by atoms with Crippen molar-refractivity contribution in [2.75, 3.05) is 0 Å². The molecule has 1 aliphatic rings. The molecule has 0 amide bonds. The van der Waals surface area contributed by atoms with E-state index in [1.165, 1.54) is 28.6 Å². The summed E-state index contributed by atoms with van der Waals surface area (Å²) in [5.41, 5.74) is 4.20. The van der Waals surface area contributed by atoms with Crippen LogP contribution in [-0.2, 0) is 18.6 Å². The maximum absolute atomic E-state index is 12.9. The van der Waals surface area contributed by atoms with Gasteiger partial charge in [-0.25, -0.2) is 4.98 Å². The van der Waals surface area contributed by atoms with Gasteiger partial charge in [0.1, 0.15) is 10.7 Å². The number of aryl methyl sites for hydroxylation is 3. The molecule has 0 fully saturated rings. The second kappa shape index (κ2) is 8.81. The molecule has 170 valence electrons. The van der Waals surface area contributed by atoms with E-state index in [9.17, 15) is 4.79 Å². The van der Waals surface area contributed by atoms with Crippen LogP contribution in [0.25, 0.3) is 27.3 Å². The number of H-pyrrole nitrogens is 1. The molecule has 1 aromatic carbocycles. The largest absolute Gasteiger partial charge is 0.309 e. The van der Waals surface area contributed by atoms with Gasteiger partial charge < -0.3 is 4.98 Å². The van der Waals surface area contributed by atoms with Crippen LogP contribution >= 0.6 is 23.1 Å². The van der Waals surface area contributed by atoms with Gasteiger partial charge >= 0.3 is 0 Å². The van der Waals surface area contributed by atoms with E-state index >= 15 is 0 Å². The van der Waals surface area contributed by atoms with Crippen LogP contribution in [0.4, 0.5) is 0 Å². The highest BCUT2D eigenvalue weighted by atomic mass is 32.2.